The van der Waals surface area contributed by atoms with Gasteiger partial charge >= 0.3 is 0 Å². The topological polar surface area (TPSA) is 9.23 Å². The van der Waals surface area contributed by atoms with Gasteiger partial charge in [-0.3, -0.25) is 0 Å². The molecule has 0 saturated heterocycles. The van der Waals surface area contributed by atoms with Gasteiger partial charge in [-0.1, -0.05) is 129 Å². The first kappa shape index (κ1) is 29.7. The van der Waals surface area contributed by atoms with Crippen molar-refractivity contribution < 1.29 is 4.43 Å². The Hall–Kier alpha value is -2.49. The summed E-state index contributed by atoms with van der Waals surface area (Å²) in [6.45, 7) is 21.4. The first-order valence-electron chi connectivity index (χ1n) is 13.2. The minimum Gasteiger partial charge on any atom is -0.406 e. The van der Waals surface area contributed by atoms with E-state index in [1.165, 1.54) is 10.4 Å². The Bertz CT molecular complexity index is 1080. The van der Waals surface area contributed by atoms with Crippen LogP contribution in [0.25, 0.3) is 0 Å². The van der Waals surface area contributed by atoms with E-state index in [0.717, 1.165) is 0 Å². The predicted octanol–water partition coefficient (Wildman–Crippen LogP) is 7.18. The minimum absolute atomic E-state index is 0.0296. The van der Waals surface area contributed by atoms with Crippen LogP contribution in [0.4, 0.5) is 0 Å². The molecule has 2 rings (SSSR count). The molecule has 0 spiro atoms. The van der Waals surface area contributed by atoms with Gasteiger partial charge in [0, 0.05) is 13.0 Å². The maximum Gasteiger partial charge on any atom is 0.261 e. The second-order valence-corrected chi connectivity index (χ2v) is 21.3. The molecule has 0 unspecified atom stereocenters. The van der Waals surface area contributed by atoms with Crippen LogP contribution in [0, 0.1) is 35.1 Å². The Morgan fingerprint density at radius 1 is 0.667 bits per heavy atom. The molecule has 2 aromatic carbocycles. The van der Waals surface area contributed by atoms with E-state index in [1.807, 2.05) is 0 Å². The quantitative estimate of drug-likeness (QED) is 0.207. The Morgan fingerprint density at radius 2 is 1.11 bits per heavy atom. The maximum absolute atomic E-state index is 6.88. The van der Waals surface area contributed by atoms with Crippen molar-refractivity contribution in [1.29, 1.82) is 0 Å². The third-order valence-electron chi connectivity index (χ3n) is 7.38. The summed E-state index contributed by atoms with van der Waals surface area (Å²) >= 11 is 0. The van der Waals surface area contributed by atoms with Crippen molar-refractivity contribution in [3.63, 3.8) is 0 Å². The molecule has 36 heavy (non-hydrogen) atoms. The average molecular weight is 513 g/mol. The fraction of sp³-hybridized carbons (Fsp3) is 0.455. The summed E-state index contributed by atoms with van der Waals surface area (Å²) in [5.74, 6) is 15.3. The summed E-state index contributed by atoms with van der Waals surface area (Å²) in [7, 11) is -4.24. The van der Waals surface area contributed by atoms with E-state index in [1.54, 1.807) is 0 Å². The molecular formula is C33H44OSi2. The van der Waals surface area contributed by atoms with Crippen LogP contribution in [0.5, 0.6) is 0 Å². The Kier molecular flexibility index (Phi) is 10.9. The lowest BCUT2D eigenvalue weighted by molar-refractivity contribution is 0.306. The Balaban J connectivity index is 2.21. The molecule has 0 aliphatic rings. The molecule has 0 amide bonds. The molecule has 0 heterocycles. The van der Waals surface area contributed by atoms with E-state index >= 15 is 0 Å². The second kappa shape index (κ2) is 13.2. The van der Waals surface area contributed by atoms with Crippen LogP contribution in [0.15, 0.2) is 60.7 Å². The third-order valence-corrected chi connectivity index (χ3v) is 18.7. The van der Waals surface area contributed by atoms with Gasteiger partial charge in [0.05, 0.1) is 0 Å². The molecule has 0 radical (unpaired) electrons. The average Bonchev–Trinajstić information content (AvgIpc) is 2.82. The molecule has 0 saturated carbocycles. The predicted molar refractivity (Wildman–Crippen MR) is 163 cm³/mol. The van der Waals surface area contributed by atoms with Crippen molar-refractivity contribution in [2.75, 3.05) is 6.61 Å². The molecule has 0 aromatic heterocycles. The second-order valence-electron chi connectivity index (χ2n) is 11.5. The smallest absolute Gasteiger partial charge is 0.261 e. The molecule has 0 aliphatic carbocycles. The zero-order chi connectivity index (χ0) is 26.8. The normalized spacial score (nSPS) is 11.9. The van der Waals surface area contributed by atoms with Gasteiger partial charge in [-0.2, -0.15) is 0 Å². The van der Waals surface area contributed by atoms with Crippen LogP contribution in [0.3, 0.4) is 0 Å². The van der Waals surface area contributed by atoms with Crippen molar-refractivity contribution in [1.82, 2.24) is 0 Å². The number of rotatable bonds is 8. The van der Waals surface area contributed by atoms with E-state index in [9.17, 15) is 0 Å². The third kappa shape index (κ3) is 6.63. The van der Waals surface area contributed by atoms with Crippen LogP contribution in [-0.4, -0.2) is 23.0 Å². The van der Waals surface area contributed by atoms with Gasteiger partial charge in [-0.15, -0.1) is 5.54 Å². The van der Waals surface area contributed by atoms with Crippen LogP contribution >= 0.6 is 0 Å². The number of hydrogen-bond donors (Lipinski definition) is 0. The van der Waals surface area contributed by atoms with Gasteiger partial charge < -0.3 is 4.43 Å². The highest BCUT2D eigenvalue weighted by Crippen LogP contribution is 2.40. The summed E-state index contributed by atoms with van der Waals surface area (Å²) in [5, 5.41) is 2.55. The van der Waals surface area contributed by atoms with Crippen LogP contribution in [0.1, 0.15) is 68.7 Å². The fourth-order valence-corrected chi connectivity index (χ4v) is 15.5. The highest BCUT2D eigenvalue weighted by Gasteiger charge is 2.50. The van der Waals surface area contributed by atoms with Gasteiger partial charge in [-0.05, 0) is 55.7 Å². The Morgan fingerprint density at radius 3 is 1.53 bits per heavy atom. The molecular weight excluding hydrogens is 469 g/mol. The van der Waals surface area contributed by atoms with Crippen LogP contribution < -0.4 is 10.4 Å². The summed E-state index contributed by atoms with van der Waals surface area (Å²) in [5.41, 5.74) is 5.46. The largest absolute Gasteiger partial charge is 0.406 e. The zero-order valence-corrected chi connectivity index (χ0v) is 25.8. The van der Waals surface area contributed by atoms with Gasteiger partial charge in [0.1, 0.15) is 8.07 Å². The monoisotopic (exact) mass is 512 g/mol. The standard InChI is InChI=1S/C33H44OSi2/c1-28(2)35(29(3)4,30(5)6)27-21-13-11-10-12-20-26-34-36(33(7,8)9,31-22-16-14-17-23-31)32-24-18-15-19-25-32/h14-19,22-25,28-30H,20,26H2,1-9H3. The van der Waals surface area contributed by atoms with E-state index in [0.29, 0.717) is 29.7 Å². The summed E-state index contributed by atoms with van der Waals surface area (Å²) < 4.78 is 6.88. The maximum atomic E-state index is 6.88. The summed E-state index contributed by atoms with van der Waals surface area (Å²) in [6.07, 6.45) is 0.648. The van der Waals surface area contributed by atoms with Crippen LogP contribution in [-0.2, 0) is 4.43 Å². The molecule has 0 bridgehead atoms. The lowest BCUT2D eigenvalue weighted by Gasteiger charge is -2.43. The van der Waals surface area contributed by atoms with Gasteiger partial charge in [0.15, 0.2) is 0 Å². The van der Waals surface area contributed by atoms with Crippen LogP contribution in [0.2, 0.25) is 21.7 Å². The fourth-order valence-electron chi connectivity index (χ4n) is 5.76. The van der Waals surface area contributed by atoms with Gasteiger partial charge in [-0.25, -0.2) is 0 Å². The first-order valence-corrected chi connectivity index (χ1v) is 17.4. The first-order chi connectivity index (χ1) is 17.0. The highest BCUT2D eigenvalue weighted by molar-refractivity contribution is 6.99. The minimum atomic E-state index is -2.51. The van der Waals surface area contributed by atoms with E-state index in [-0.39, 0.29) is 5.04 Å². The molecule has 0 N–H and O–H groups in total. The van der Waals surface area contributed by atoms with Gasteiger partial charge in [0.25, 0.3) is 8.32 Å². The molecule has 2 aromatic rings. The molecule has 0 fully saturated rings. The zero-order valence-electron chi connectivity index (χ0n) is 23.8. The lowest BCUT2D eigenvalue weighted by atomic mass is 10.2. The Labute approximate surface area is 223 Å². The van der Waals surface area contributed by atoms with Crippen molar-refractivity contribution in [3.05, 3.63) is 60.7 Å². The molecule has 1 nitrogen and oxygen atoms in total. The van der Waals surface area contributed by atoms with Gasteiger partial charge in [0.2, 0.25) is 0 Å². The van der Waals surface area contributed by atoms with Crippen molar-refractivity contribution in [2.24, 2.45) is 0 Å². The molecule has 0 atom stereocenters. The van der Waals surface area contributed by atoms with E-state index in [4.69, 9.17) is 4.43 Å². The van der Waals surface area contributed by atoms with Crippen molar-refractivity contribution in [2.45, 2.75) is 90.4 Å². The van der Waals surface area contributed by atoms with Crippen molar-refractivity contribution >= 4 is 26.8 Å². The molecule has 3 heteroatoms. The summed E-state index contributed by atoms with van der Waals surface area (Å²) in [6, 6.07) is 21.5. The number of hydrogen-bond acceptors (Lipinski definition) is 1. The molecule has 190 valence electrons. The van der Waals surface area contributed by atoms with Crippen molar-refractivity contribution in [3.8, 4) is 35.1 Å². The summed E-state index contributed by atoms with van der Waals surface area (Å²) in [4.78, 5) is 0. The highest BCUT2D eigenvalue weighted by atomic mass is 28.4. The van der Waals surface area contributed by atoms with E-state index < -0.39 is 16.4 Å². The van der Waals surface area contributed by atoms with E-state index in [2.05, 4.69) is 158 Å². The number of benzene rings is 2. The SMILES string of the molecule is CC(C)[Si](C#CC#CC#CCCO[Si](c1ccccc1)(c1ccccc1)C(C)(C)C)(C(C)C)C(C)C. The molecule has 0 aliphatic heterocycles. The lowest BCUT2D eigenvalue weighted by Crippen LogP contribution is -2.66.